The monoisotopic (exact) mass is 486 g/mol. The van der Waals surface area contributed by atoms with Crippen molar-refractivity contribution in [2.24, 2.45) is 5.92 Å². The van der Waals surface area contributed by atoms with Gasteiger partial charge in [-0.25, -0.2) is 9.59 Å². The molecule has 2 aromatic rings. The second-order valence-electron chi connectivity index (χ2n) is 9.49. The zero-order valence-electron chi connectivity index (χ0n) is 21.8. The van der Waals surface area contributed by atoms with Crippen LogP contribution in [0.15, 0.2) is 78.6 Å². The summed E-state index contributed by atoms with van der Waals surface area (Å²) in [4.78, 5) is 29.8. The van der Waals surface area contributed by atoms with Crippen LogP contribution in [0.5, 0.6) is 5.75 Å². The third-order valence-corrected chi connectivity index (χ3v) is 8.09. The number of nitrogens with zero attached hydrogens (tertiary/aromatic N) is 2. The highest BCUT2D eigenvalue weighted by Crippen LogP contribution is 2.56. The van der Waals surface area contributed by atoms with Crippen molar-refractivity contribution in [3.8, 4) is 5.75 Å². The van der Waals surface area contributed by atoms with Crippen LogP contribution in [0, 0.1) is 5.92 Å². The van der Waals surface area contributed by atoms with Crippen LogP contribution in [0.3, 0.4) is 0 Å². The van der Waals surface area contributed by atoms with E-state index in [0.717, 1.165) is 19.1 Å². The summed E-state index contributed by atoms with van der Waals surface area (Å²) in [5, 5.41) is 0. The minimum absolute atomic E-state index is 0.0162. The number of fused-ring (bicyclic) bond motifs is 1. The zero-order valence-corrected chi connectivity index (χ0v) is 21.8. The number of methoxy groups -OCH3 is 1. The van der Waals surface area contributed by atoms with Crippen molar-refractivity contribution in [2.75, 3.05) is 19.1 Å². The van der Waals surface area contributed by atoms with E-state index in [2.05, 4.69) is 57.0 Å². The molecule has 0 spiro atoms. The Hall–Kier alpha value is -3.48. The molecule has 2 aliphatic heterocycles. The SMILES string of the molecule is CCB(CC)C1(CC)C(C2C=CN(C(=O)Oc3ccccc3)C=C2C(=O)OC)c2ccccc2N1C. The van der Waals surface area contributed by atoms with Gasteiger partial charge in [-0.2, -0.15) is 0 Å². The Bertz CT molecular complexity index is 1160. The van der Waals surface area contributed by atoms with Gasteiger partial charge >= 0.3 is 12.1 Å². The Morgan fingerprint density at radius 1 is 1.00 bits per heavy atom. The maximum atomic E-state index is 13.1. The number of hydrogen-bond donors (Lipinski definition) is 0. The minimum atomic E-state index is -0.581. The minimum Gasteiger partial charge on any atom is -0.466 e. The van der Waals surface area contributed by atoms with Gasteiger partial charge < -0.3 is 14.4 Å². The first-order valence-electron chi connectivity index (χ1n) is 12.8. The quantitative estimate of drug-likeness (QED) is 0.347. The van der Waals surface area contributed by atoms with Gasteiger partial charge in [0.05, 0.1) is 12.7 Å². The summed E-state index contributed by atoms with van der Waals surface area (Å²) in [6, 6.07) is 17.4. The van der Waals surface area contributed by atoms with Crippen LogP contribution in [0.25, 0.3) is 0 Å². The molecule has 0 saturated heterocycles. The average Bonchev–Trinajstić information content (AvgIpc) is 3.17. The number of likely N-dealkylation sites (N-methyl/N-ethyl adjacent to an activating group) is 1. The highest BCUT2D eigenvalue weighted by Gasteiger charge is 2.56. The smallest absolute Gasteiger partial charge is 0.423 e. The highest BCUT2D eigenvalue weighted by atomic mass is 16.6. The van der Waals surface area contributed by atoms with E-state index < -0.39 is 12.1 Å². The Morgan fingerprint density at radius 3 is 2.31 bits per heavy atom. The molecule has 36 heavy (non-hydrogen) atoms. The Labute approximate surface area is 214 Å². The number of carbonyl (C=O) groups is 2. The number of esters is 1. The van der Waals surface area contributed by atoms with Crippen molar-refractivity contribution in [1.82, 2.24) is 4.90 Å². The number of para-hydroxylation sites is 2. The second-order valence-corrected chi connectivity index (χ2v) is 9.49. The second kappa shape index (κ2) is 10.6. The molecule has 2 heterocycles. The molecule has 0 aliphatic carbocycles. The van der Waals surface area contributed by atoms with Gasteiger partial charge in [0.1, 0.15) is 5.75 Å². The summed E-state index contributed by atoms with van der Waals surface area (Å²) in [6.07, 6.45) is 7.67. The molecule has 0 bridgehead atoms. The van der Waals surface area contributed by atoms with Gasteiger partial charge in [0.25, 0.3) is 0 Å². The van der Waals surface area contributed by atoms with Gasteiger partial charge in [-0.3, -0.25) is 4.90 Å². The van der Waals surface area contributed by atoms with E-state index in [1.54, 1.807) is 36.7 Å². The van der Waals surface area contributed by atoms with Crippen molar-refractivity contribution in [3.63, 3.8) is 0 Å². The van der Waals surface area contributed by atoms with Crippen molar-refractivity contribution < 1.29 is 19.1 Å². The molecule has 7 heteroatoms. The predicted molar refractivity (Wildman–Crippen MR) is 144 cm³/mol. The third-order valence-electron chi connectivity index (χ3n) is 8.09. The predicted octanol–water partition coefficient (Wildman–Crippen LogP) is 6.14. The molecule has 6 nitrogen and oxygen atoms in total. The molecule has 0 aromatic heterocycles. The number of rotatable bonds is 7. The van der Waals surface area contributed by atoms with E-state index >= 15 is 0 Å². The Morgan fingerprint density at radius 2 is 1.67 bits per heavy atom. The molecule has 3 unspecified atom stereocenters. The van der Waals surface area contributed by atoms with Gasteiger partial charge in [0.15, 0.2) is 6.71 Å². The van der Waals surface area contributed by atoms with Gasteiger partial charge in [-0.05, 0) is 30.2 Å². The fourth-order valence-corrected chi connectivity index (χ4v) is 6.45. The first-order chi connectivity index (χ1) is 17.4. The molecule has 3 atom stereocenters. The zero-order chi connectivity index (χ0) is 25.9. The van der Waals surface area contributed by atoms with Crippen LogP contribution in [0.4, 0.5) is 10.5 Å². The first kappa shape index (κ1) is 25.6. The summed E-state index contributed by atoms with van der Waals surface area (Å²) in [5.41, 5.74) is 2.67. The third kappa shape index (κ3) is 4.21. The molecular weight excluding hydrogens is 451 g/mol. The van der Waals surface area contributed by atoms with E-state index in [1.807, 2.05) is 12.1 Å². The lowest BCUT2D eigenvalue weighted by Crippen LogP contribution is -2.59. The van der Waals surface area contributed by atoms with Crippen LogP contribution in [-0.2, 0) is 9.53 Å². The van der Waals surface area contributed by atoms with E-state index in [9.17, 15) is 9.59 Å². The molecule has 0 radical (unpaired) electrons. The lowest BCUT2D eigenvalue weighted by molar-refractivity contribution is -0.136. The first-order valence-corrected chi connectivity index (χ1v) is 12.8. The molecule has 1 amide bonds. The van der Waals surface area contributed by atoms with Crippen LogP contribution in [0.2, 0.25) is 12.6 Å². The molecule has 0 saturated carbocycles. The normalized spacial score (nSPS) is 22.6. The molecule has 0 N–H and O–H groups in total. The van der Waals surface area contributed by atoms with E-state index in [-0.39, 0.29) is 17.3 Å². The maximum Gasteiger partial charge on any atom is 0.423 e. The fourth-order valence-electron chi connectivity index (χ4n) is 6.45. The molecular formula is C29H35BN2O4. The van der Waals surface area contributed by atoms with Gasteiger partial charge in [-0.15, -0.1) is 0 Å². The van der Waals surface area contributed by atoms with Crippen molar-refractivity contribution in [2.45, 2.75) is 51.2 Å². The number of allylic oxidation sites excluding steroid dienone is 1. The van der Waals surface area contributed by atoms with Crippen molar-refractivity contribution in [1.29, 1.82) is 0 Å². The Kier molecular flexibility index (Phi) is 7.58. The van der Waals surface area contributed by atoms with Crippen LogP contribution in [0.1, 0.15) is 38.7 Å². The molecule has 2 aromatic carbocycles. The maximum absolute atomic E-state index is 13.1. The molecule has 4 rings (SSSR count). The molecule has 0 fully saturated rings. The number of ether oxygens (including phenoxy) is 2. The summed E-state index contributed by atoms with van der Waals surface area (Å²) in [6.45, 7) is 7.15. The summed E-state index contributed by atoms with van der Waals surface area (Å²) >= 11 is 0. The largest absolute Gasteiger partial charge is 0.466 e. The van der Waals surface area contributed by atoms with Crippen molar-refractivity contribution >= 4 is 24.5 Å². The molecule has 2 aliphatic rings. The van der Waals surface area contributed by atoms with Crippen molar-refractivity contribution in [3.05, 3.63) is 84.2 Å². The lowest BCUT2D eigenvalue weighted by Gasteiger charge is -2.48. The van der Waals surface area contributed by atoms with E-state index in [4.69, 9.17) is 9.47 Å². The Balaban J connectivity index is 1.78. The highest BCUT2D eigenvalue weighted by molar-refractivity contribution is 6.63. The standard InChI is InChI=1S/C29H35BN2O4/c1-6-29(30(7-2)8-3)26(23-16-12-13-17-25(23)31(29)4)22-18-19-32(20-24(22)27(33)35-5)28(34)36-21-14-10-9-11-15-21/h9-20,22,26H,6-8H2,1-5H3. The van der Waals surface area contributed by atoms with Crippen LogP contribution in [-0.4, -0.2) is 43.3 Å². The number of hydrogen-bond acceptors (Lipinski definition) is 5. The number of anilines is 1. The number of benzene rings is 2. The van der Waals surface area contributed by atoms with Crippen LogP contribution < -0.4 is 9.64 Å². The van der Waals surface area contributed by atoms with Gasteiger partial charge in [0, 0.05) is 42.4 Å². The van der Waals surface area contributed by atoms with Gasteiger partial charge in [-0.1, -0.05) is 75.9 Å². The molecule has 188 valence electrons. The average molecular weight is 486 g/mol. The summed E-state index contributed by atoms with van der Waals surface area (Å²) < 4.78 is 10.7. The number of amides is 1. The lowest BCUT2D eigenvalue weighted by atomic mass is 9.29. The van der Waals surface area contributed by atoms with E-state index in [1.165, 1.54) is 23.3 Å². The summed E-state index contributed by atoms with van der Waals surface area (Å²) in [7, 11) is 3.56. The van der Waals surface area contributed by atoms with Gasteiger partial charge in [0.2, 0.25) is 0 Å². The van der Waals surface area contributed by atoms with Crippen LogP contribution >= 0.6 is 0 Å². The fraction of sp³-hybridized carbons (Fsp3) is 0.379. The number of carbonyl (C=O) groups excluding carboxylic acids is 2. The summed E-state index contributed by atoms with van der Waals surface area (Å²) in [5.74, 6) is -0.244. The topological polar surface area (TPSA) is 59.1 Å². The van der Waals surface area contributed by atoms with E-state index in [0.29, 0.717) is 18.0 Å².